The third-order valence-electron chi connectivity index (χ3n) is 2.63. The summed E-state index contributed by atoms with van der Waals surface area (Å²) in [7, 11) is 0. The summed E-state index contributed by atoms with van der Waals surface area (Å²) in [5, 5.41) is 10.4. The molecule has 0 bridgehead atoms. The number of alkyl halides is 1. The summed E-state index contributed by atoms with van der Waals surface area (Å²) >= 11 is 5.58. The van der Waals surface area contributed by atoms with Crippen LogP contribution in [0, 0.1) is 0 Å². The lowest BCUT2D eigenvalue weighted by atomic mass is 10.2. The predicted molar refractivity (Wildman–Crippen MR) is 74.6 cm³/mol. The van der Waals surface area contributed by atoms with Crippen LogP contribution in [0.25, 0.3) is 5.69 Å². The van der Waals surface area contributed by atoms with Crippen molar-refractivity contribution in [2.45, 2.75) is 19.3 Å². The van der Waals surface area contributed by atoms with Crippen LogP contribution in [-0.2, 0) is 4.79 Å². The van der Waals surface area contributed by atoms with E-state index in [4.69, 9.17) is 11.6 Å². The van der Waals surface area contributed by atoms with E-state index in [1.165, 1.54) is 0 Å². The fourth-order valence-electron chi connectivity index (χ4n) is 1.68. The van der Waals surface area contributed by atoms with Crippen LogP contribution in [-0.4, -0.2) is 26.6 Å². The first-order valence-electron chi connectivity index (χ1n) is 6.10. The number of amides is 1. The SMILES string of the molecule is O=C(CCCCCl)Nc1cccc(-n2cnnc2)c1. The quantitative estimate of drug-likeness (QED) is 0.653. The summed E-state index contributed by atoms with van der Waals surface area (Å²) in [6.45, 7) is 0. The lowest BCUT2D eigenvalue weighted by molar-refractivity contribution is -0.116. The topological polar surface area (TPSA) is 59.8 Å². The third kappa shape index (κ3) is 4.06. The van der Waals surface area contributed by atoms with Gasteiger partial charge in [0.05, 0.1) is 5.69 Å². The van der Waals surface area contributed by atoms with Crippen LogP contribution in [0.3, 0.4) is 0 Å². The van der Waals surface area contributed by atoms with Gasteiger partial charge in [0.2, 0.25) is 5.91 Å². The van der Waals surface area contributed by atoms with E-state index in [9.17, 15) is 4.79 Å². The number of hydrogen-bond donors (Lipinski definition) is 1. The maximum absolute atomic E-state index is 11.7. The number of anilines is 1. The molecule has 1 heterocycles. The molecule has 6 heteroatoms. The zero-order valence-electron chi connectivity index (χ0n) is 10.4. The summed E-state index contributed by atoms with van der Waals surface area (Å²) in [5.74, 6) is 0.599. The second kappa shape index (κ2) is 6.89. The van der Waals surface area contributed by atoms with E-state index in [-0.39, 0.29) is 5.91 Å². The molecule has 0 atom stereocenters. The molecule has 2 aromatic rings. The Morgan fingerprint density at radius 2 is 2.05 bits per heavy atom. The van der Waals surface area contributed by atoms with Crippen molar-refractivity contribution in [3.05, 3.63) is 36.9 Å². The molecule has 0 aliphatic rings. The number of unbranched alkanes of at least 4 members (excludes halogenated alkanes) is 1. The molecule has 0 saturated carbocycles. The number of aromatic nitrogens is 3. The van der Waals surface area contributed by atoms with Gasteiger partial charge >= 0.3 is 0 Å². The predicted octanol–water partition coefficient (Wildman–Crippen LogP) is 2.61. The van der Waals surface area contributed by atoms with Crippen LogP contribution in [0.15, 0.2) is 36.9 Å². The Labute approximate surface area is 116 Å². The molecule has 0 aliphatic carbocycles. The number of carbonyl (C=O) groups excluding carboxylic acids is 1. The molecule has 0 saturated heterocycles. The molecule has 1 amide bonds. The Balaban J connectivity index is 1.97. The maximum Gasteiger partial charge on any atom is 0.224 e. The number of nitrogens with zero attached hydrogens (tertiary/aromatic N) is 3. The molecule has 5 nitrogen and oxygen atoms in total. The number of halogens is 1. The van der Waals surface area contributed by atoms with Crippen molar-refractivity contribution in [1.82, 2.24) is 14.8 Å². The minimum atomic E-state index is 0.00558. The molecular formula is C13H15ClN4O. The van der Waals surface area contributed by atoms with Crippen molar-refractivity contribution in [2.75, 3.05) is 11.2 Å². The van der Waals surface area contributed by atoms with Gasteiger partial charge in [-0.3, -0.25) is 9.36 Å². The zero-order chi connectivity index (χ0) is 13.5. The number of rotatable bonds is 6. The minimum Gasteiger partial charge on any atom is -0.326 e. The van der Waals surface area contributed by atoms with Crippen LogP contribution in [0.5, 0.6) is 0 Å². The molecule has 2 rings (SSSR count). The molecule has 0 spiro atoms. The van der Waals surface area contributed by atoms with E-state index in [1.807, 2.05) is 24.3 Å². The number of benzene rings is 1. The molecule has 0 aliphatic heterocycles. The normalized spacial score (nSPS) is 10.4. The zero-order valence-corrected chi connectivity index (χ0v) is 11.2. The van der Waals surface area contributed by atoms with Crippen molar-refractivity contribution < 1.29 is 4.79 Å². The average Bonchev–Trinajstić information content (AvgIpc) is 2.93. The van der Waals surface area contributed by atoms with Gasteiger partial charge in [-0.05, 0) is 31.0 Å². The van der Waals surface area contributed by atoms with Crippen molar-refractivity contribution in [2.24, 2.45) is 0 Å². The second-order valence-electron chi connectivity index (χ2n) is 4.11. The molecule has 19 heavy (non-hydrogen) atoms. The van der Waals surface area contributed by atoms with Gasteiger partial charge in [0.1, 0.15) is 12.7 Å². The highest BCUT2D eigenvalue weighted by Gasteiger charge is 2.03. The van der Waals surface area contributed by atoms with Crippen LogP contribution in [0.4, 0.5) is 5.69 Å². The first-order valence-corrected chi connectivity index (χ1v) is 6.64. The van der Waals surface area contributed by atoms with E-state index < -0.39 is 0 Å². The van der Waals surface area contributed by atoms with E-state index in [1.54, 1.807) is 17.2 Å². The van der Waals surface area contributed by atoms with Gasteiger partial charge in [0.15, 0.2) is 0 Å². The standard InChI is InChI=1S/C13H15ClN4O/c14-7-2-1-6-13(19)17-11-4-3-5-12(8-11)18-9-15-16-10-18/h3-5,8-10H,1-2,6-7H2,(H,17,19). The highest BCUT2D eigenvalue weighted by atomic mass is 35.5. The molecule has 0 radical (unpaired) electrons. The van der Waals surface area contributed by atoms with E-state index >= 15 is 0 Å². The maximum atomic E-state index is 11.7. The highest BCUT2D eigenvalue weighted by molar-refractivity contribution is 6.17. The Kier molecular flexibility index (Phi) is 4.92. The summed E-state index contributed by atoms with van der Waals surface area (Å²) in [6, 6.07) is 7.53. The van der Waals surface area contributed by atoms with E-state index in [0.29, 0.717) is 12.3 Å². The van der Waals surface area contributed by atoms with Gasteiger partial charge in [0.25, 0.3) is 0 Å². The van der Waals surface area contributed by atoms with Gasteiger partial charge in [-0.25, -0.2) is 0 Å². The second-order valence-corrected chi connectivity index (χ2v) is 4.49. The highest BCUT2D eigenvalue weighted by Crippen LogP contribution is 2.14. The smallest absolute Gasteiger partial charge is 0.224 e. The average molecular weight is 279 g/mol. The summed E-state index contributed by atoms with van der Waals surface area (Å²) in [6.07, 6.45) is 5.38. The van der Waals surface area contributed by atoms with Crippen LogP contribution in [0.2, 0.25) is 0 Å². The number of nitrogens with one attached hydrogen (secondary N) is 1. The van der Waals surface area contributed by atoms with Gasteiger partial charge in [-0.2, -0.15) is 0 Å². The van der Waals surface area contributed by atoms with Gasteiger partial charge in [0, 0.05) is 18.0 Å². The molecule has 100 valence electrons. The van der Waals surface area contributed by atoms with Gasteiger partial charge in [-0.1, -0.05) is 6.07 Å². The molecule has 1 aromatic heterocycles. The lowest BCUT2D eigenvalue weighted by Gasteiger charge is -2.07. The monoisotopic (exact) mass is 278 g/mol. The van der Waals surface area contributed by atoms with Crippen LogP contribution >= 0.6 is 11.6 Å². The molecule has 0 fully saturated rings. The Bertz CT molecular complexity index is 527. The summed E-state index contributed by atoms with van der Waals surface area (Å²) in [5.41, 5.74) is 1.67. The van der Waals surface area contributed by atoms with Gasteiger partial charge in [-0.15, -0.1) is 21.8 Å². The molecule has 0 unspecified atom stereocenters. The van der Waals surface area contributed by atoms with Crippen LogP contribution in [0.1, 0.15) is 19.3 Å². The van der Waals surface area contributed by atoms with Gasteiger partial charge < -0.3 is 5.32 Å². The molecule has 1 aromatic carbocycles. The minimum absolute atomic E-state index is 0.00558. The first kappa shape index (κ1) is 13.5. The Hall–Kier alpha value is -1.88. The largest absolute Gasteiger partial charge is 0.326 e. The van der Waals surface area contributed by atoms with Crippen LogP contribution < -0.4 is 5.32 Å². The number of carbonyl (C=O) groups is 1. The van der Waals surface area contributed by atoms with Crippen molar-refractivity contribution in [1.29, 1.82) is 0 Å². The fraction of sp³-hybridized carbons (Fsp3) is 0.308. The summed E-state index contributed by atoms with van der Waals surface area (Å²) in [4.78, 5) is 11.7. The van der Waals surface area contributed by atoms with E-state index in [2.05, 4.69) is 15.5 Å². The van der Waals surface area contributed by atoms with Crippen molar-refractivity contribution in [3.8, 4) is 5.69 Å². The molecule has 1 N–H and O–H groups in total. The Morgan fingerprint density at radius 3 is 2.79 bits per heavy atom. The summed E-state index contributed by atoms with van der Waals surface area (Å²) < 4.78 is 1.78. The number of hydrogen-bond acceptors (Lipinski definition) is 3. The first-order chi connectivity index (χ1) is 9.29. The van der Waals surface area contributed by atoms with E-state index in [0.717, 1.165) is 24.2 Å². The van der Waals surface area contributed by atoms with Crippen molar-refractivity contribution in [3.63, 3.8) is 0 Å². The third-order valence-corrected chi connectivity index (χ3v) is 2.90. The van der Waals surface area contributed by atoms with Crippen molar-refractivity contribution >= 4 is 23.2 Å². The Morgan fingerprint density at radius 1 is 1.26 bits per heavy atom. The lowest BCUT2D eigenvalue weighted by Crippen LogP contribution is -2.11. The molecular weight excluding hydrogens is 264 g/mol. The fourth-order valence-corrected chi connectivity index (χ4v) is 1.87.